The van der Waals surface area contributed by atoms with Crippen molar-refractivity contribution in [3.63, 3.8) is 0 Å². The number of ketones is 1. The maximum Gasteiger partial charge on any atom is 0.393 e. The fraction of sp³-hybridized carbons (Fsp3) is 0.500. The quantitative estimate of drug-likeness (QED) is 0.781. The largest absolute Gasteiger partial charge is 0.393 e. The van der Waals surface area contributed by atoms with Crippen LogP contribution in [0, 0.1) is 11.3 Å². The third-order valence-electron chi connectivity index (χ3n) is 3.64. The van der Waals surface area contributed by atoms with Gasteiger partial charge in [-0.15, -0.1) is 0 Å². The van der Waals surface area contributed by atoms with Gasteiger partial charge < -0.3 is 0 Å². The molecule has 0 unspecified atom stereocenters. The van der Waals surface area contributed by atoms with E-state index in [9.17, 15) is 18.0 Å². The van der Waals surface area contributed by atoms with Crippen LogP contribution in [0.25, 0.3) is 0 Å². The highest BCUT2D eigenvalue weighted by molar-refractivity contribution is 6.02. The van der Waals surface area contributed by atoms with Crippen LogP contribution >= 0.6 is 0 Å². The van der Waals surface area contributed by atoms with Crippen LogP contribution in [0.4, 0.5) is 13.2 Å². The molecule has 0 N–H and O–H groups in total. The van der Waals surface area contributed by atoms with Crippen LogP contribution in [-0.4, -0.2) is 12.0 Å². The monoisotopic (exact) mass is 256 g/mol. The summed E-state index contributed by atoms with van der Waals surface area (Å²) in [5.41, 5.74) is -0.374. The minimum Gasteiger partial charge on any atom is -0.294 e. The lowest BCUT2D eigenvalue weighted by molar-refractivity contribution is -0.215. The molecule has 0 aliphatic heterocycles. The number of benzene rings is 1. The third-order valence-corrected chi connectivity index (χ3v) is 3.64. The number of halogens is 3. The summed E-state index contributed by atoms with van der Waals surface area (Å²) < 4.78 is 38.5. The van der Waals surface area contributed by atoms with Gasteiger partial charge in [-0.25, -0.2) is 0 Å². The molecule has 1 aliphatic rings. The second kappa shape index (κ2) is 4.11. The number of hydrogen-bond acceptors (Lipinski definition) is 1. The summed E-state index contributed by atoms with van der Waals surface area (Å²) in [7, 11) is 0. The standard InChI is InChI=1S/C14H15F3O/c1-13(2,14(15,16)17)8-10-7-9-5-3-4-6-11(9)12(10)18/h3-6,10H,7-8H2,1-2H3/t10-/m1/s1. The van der Waals surface area contributed by atoms with Gasteiger partial charge in [-0.05, 0) is 18.4 Å². The van der Waals surface area contributed by atoms with Crippen molar-refractivity contribution in [2.24, 2.45) is 11.3 Å². The first kappa shape index (κ1) is 13.1. The molecule has 0 radical (unpaired) electrons. The van der Waals surface area contributed by atoms with E-state index in [1.165, 1.54) is 0 Å². The van der Waals surface area contributed by atoms with Gasteiger partial charge >= 0.3 is 6.18 Å². The first-order chi connectivity index (χ1) is 8.22. The predicted octanol–water partition coefficient (Wildman–Crippen LogP) is 4.02. The summed E-state index contributed by atoms with van der Waals surface area (Å²) >= 11 is 0. The van der Waals surface area contributed by atoms with Crippen molar-refractivity contribution in [1.82, 2.24) is 0 Å². The van der Waals surface area contributed by atoms with Crippen molar-refractivity contribution in [2.75, 3.05) is 0 Å². The summed E-state index contributed by atoms with van der Waals surface area (Å²) in [6.07, 6.45) is -4.00. The van der Waals surface area contributed by atoms with Crippen LogP contribution < -0.4 is 0 Å². The average molecular weight is 256 g/mol. The van der Waals surface area contributed by atoms with Crippen LogP contribution in [0.2, 0.25) is 0 Å². The highest BCUT2D eigenvalue weighted by Gasteiger charge is 2.49. The zero-order valence-corrected chi connectivity index (χ0v) is 10.3. The van der Waals surface area contributed by atoms with Crippen LogP contribution in [0.1, 0.15) is 36.2 Å². The van der Waals surface area contributed by atoms with Crippen molar-refractivity contribution in [3.8, 4) is 0 Å². The van der Waals surface area contributed by atoms with Gasteiger partial charge in [0.15, 0.2) is 5.78 Å². The Morgan fingerprint density at radius 2 is 1.83 bits per heavy atom. The van der Waals surface area contributed by atoms with Crippen molar-refractivity contribution >= 4 is 5.78 Å². The van der Waals surface area contributed by atoms with Crippen LogP contribution in [0.5, 0.6) is 0 Å². The molecule has 1 nitrogen and oxygen atoms in total. The summed E-state index contributed by atoms with van der Waals surface area (Å²) in [5.74, 6) is -0.693. The molecular weight excluding hydrogens is 241 g/mol. The Bertz CT molecular complexity index is 474. The Labute approximate surface area is 104 Å². The normalized spacial score (nSPS) is 20.1. The Balaban J connectivity index is 2.18. The molecule has 0 aromatic heterocycles. The van der Waals surface area contributed by atoms with E-state index in [1.54, 1.807) is 12.1 Å². The van der Waals surface area contributed by atoms with E-state index in [1.807, 2.05) is 12.1 Å². The van der Waals surface area contributed by atoms with Gasteiger partial charge in [-0.3, -0.25) is 4.79 Å². The molecule has 1 aliphatic carbocycles. The topological polar surface area (TPSA) is 17.1 Å². The lowest BCUT2D eigenvalue weighted by Gasteiger charge is -2.29. The summed E-state index contributed by atoms with van der Waals surface area (Å²) in [6, 6.07) is 7.06. The Kier molecular flexibility index (Phi) is 2.99. The highest BCUT2D eigenvalue weighted by Crippen LogP contribution is 2.44. The fourth-order valence-electron chi connectivity index (χ4n) is 2.41. The van der Waals surface area contributed by atoms with Gasteiger partial charge in [-0.1, -0.05) is 38.1 Å². The number of rotatable bonds is 2. The zero-order chi connectivity index (χ0) is 13.6. The predicted molar refractivity (Wildman–Crippen MR) is 62.4 cm³/mol. The number of carbonyl (C=O) groups is 1. The maximum absolute atomic E-state index is 12.8. The molecule has 1 aromatic carbocycles. The lowest BCUT2D eigenvalue weighted by atomic mass is 9.80. The van der Waals surface area contributed by atoms with Gasteiger partial charge in [0.2, 0.25) is 0 Å². The minimum absolute atomic E-state index is 0.149. The molecule has 1 aromatic rings. The second-order valence-electron chi connectivity index (χ2n) is 5.51. The third kappa shape index (κ3) is 2.16. The number of hydrogen-bond donors (Lipinski definition) is 0. The molecule has 4 heteroatoms. The molecule has 0 amide bonds. The van der Waals surface area contributed by atoms with Crippen molar-refractivity contribution in [2.45, 2.75) is 32.9 Å². The summed E-state index contributed by atoms with van der Waals surface area (Å²) in [4.78, 5) is 12.0. The maximum atomic E-state index is 12.8. The Hall–Kier alpha value is -1.32. The van der Waals surface area contributed by atoms with Crippen molar-refractivity contribution < 1.29 is 18.0 Å². The Morgan fingerprint density at radius 3 is 2.39 bits per heavy atom. The first-order valence-corrected chi connectivity index (χ1v) is 5.91. The molecule has 0 fully saturated rings. The van der Waals surface area contributed by atoms with Gasteiger partial charge in [0.25, 0.3) is 0 Å². The highest BCUT2D eigenvalue weighted by atomic mass is 19.4. The number of Topliss-reactive ketones (excluding diaryl/α,β-unsaturated/α-hetero) is 1. The number of carbonyl (C=O) groups excluding carboxylic acids is 1. The molecule has 2 rings (SSSR count). The zero-order valence-electron chi connectivity index (χ0n) is 10.3. The molecule has 0 spiro atoms. The second-order valence-corrected chi connectivity index (χ2v) is 5.51. The first-order valence-electron chi connectivity index (χ1n) is 5.91. The number of fused-ring (bicyclic) bond motifs is 1. The van der Waals surface area contributed by atoms with E-state index < -0.39 is 17.5 Å². The molecule has 0 saturated carbocycles. The van der Waals surface area contributed by atoms with Crippen LogP contribution in [0.3, 0.4) is 0 Å². The molecule has 1 atom stereocenters. The molecular formula is C14H15F3O. The van der Waals surface area contributed by atoms with E-state index in [-0.39, 0.29) is 12.2 Å². The molecule has 0 bridgehead atoms. The Morgan fingerprint density at radius 1 is 1.22 bits per heavy atom. The SMILES string of the molecule is CC(C)(C[C@H]1Cc2ccccc2C1=O)C(F)(F)F. The van der Waals surface area contributed by atoms with Crippen LogP contribution in [0.15, 0.2) is 24.3 Å². The van der Waals surface area contributed by atoms with E-state index in [4.69, 9.17) is 0 Å². The summed E-state index contributed by atoms with van der Waals surface area (Å²) in [6.45, 7) is 2.31. The van der Waals surface area contributed by atoms with Crippen molar-refractivity contribution in [3.05, 3.63) is 35.4 Å². The molecule has 18 heavy (non-hydrogen) atoms. The van der Waals surface area contributed by atoms with E-state index >= 15 is 0 Å². The van der Waals surface area contributed by atoms with E-state index in [2.05, 4.69) is 0 Å². The van der Waals surface area contributed by atoms with Gasteiger partial charge in [0.05, 0.1) is 5.41 Å². The van der Waals surface area contributed by atoms with Gasteiger partial charge in [0, 0.05) is 11.5 Å². The van der Waals surface area contributed by atoms with Gasteiger partial charge in [0.1, 0.15) is 0 Å². The summed E-state index contributed by atoms with van der Waals surface area (Å²) in [5, 5.41) is 0. The molecule has 0 heterocycles. The molecule has 98 valence electrons. The van der Waals surface area contributed by atoms with E-state index in [0.29, 0.717) is 12.0 Å². The minimum atomic E-state index is -4.28. The van der Waals surface area contributed by atoms with Crippen LogP contribution in [-0.2, 0) is 6.42 Å². The average Bonchev–Trinajstić information content (AvgIpc) is 2.54. The fourth-order valence-corrected chi connectivity index (χ4v) is 2.41. The van der Waals surface area contributed by atoms with Gasteiger partial charge in [-0.2, -0.15) is 13.2 Å². The van der Waals surface area contributed by atoms with E-state index in [0.717, 1.165) is 19.4 Å². The van der Waals surface area contributed by atoms with Crippen molar-refractivity contribution in [1.29, 1.82) is 0 Å². The lowest BCUT2D eigenvalue weighted by Crippen LogP contribution is -2.35. The molecule has 0 saturated heterocycles. The number of alkyl halides is 3. The smallest absolute Gasteiger partial charge is 0.294 e.